The summed E-state index contributed by atoms with van der Waals surface area (Å²) in [5, 5.41) is 23.4. The minimum atomic E-state index is -0.359. The van der Waals surface area contributed by atoms with Crippen LogP contribution in [-0.4, -0.2) is 16.8 Å². The molecule has 118 valence electrons. The summed E-state index contributed by atoms with van der Waals surface area (Å²) >= 11 is 0. The Bertz CT molecular complexity index is 900. The van der Waals surface area contributed by atoms with Crippen molar-refractivity contribution in [1.82, 2.24) is 0 Å². The largest absolute Gasteiger partial charge is 0.505 e. The van der Waals surface area contributed by atoms with Crippen molar-refractivity contribution in [2.45, 2.75) is 13.3 Å². The van der Waals surface area contributed by atoms with Gasteiger partial charge in [0.05, 0.1) is 0 Å². The van der Waals surface area contributed by atoms with E-state index in [-0.39, 0.29) is 33.6 Å². The minimum absolute atomic E-state index is 0.0566. The van der Waals surface area contributed by atoms with E-state index in [2.05, 4.69) is 5.32 Å². The topological polar surface area (TPSA) is 82.7 Å². The van der Waals surface area contributed by atoms with Crippen molar-refractivity contribution >= 4 is 16.7 Å². The van der Waals surface area contributed by atoms with E-state index in [9.17, 15) is 15.0 Å². The van der Waals surface area contributed by atoms with Gasteiger partial charge in [-0.3, -0.25) is 4.79 Å². The fraction of sp³-hybridized carbons (Fsp3) is 0.167. The monoisotopic (exact) mass is 311 g/mol. The molecule has 1 heterocycles. The standard InChI is InChI=1S/C18H17NO4/c1-2-8-19-17-13(21)10-15-16(18(17)22)12(20)9-14(23-15)11-6-4-3-5-7-11/h3-7,9-10,19,21-22H,2,8H2,1H3. The number of nitrogens with one attached hydrogen (secondary N) is 1. The lowest BCUT2D eigenvalue weighted by molar-refractivity contribution is 0.455. The van der Waals surface area contributed by atoms with Crippen LogP contribution in [-0.2, 0) is 0 Å². The number of hydrogen-bond acceptors (Lipinski definition) is 5. The second-order valence-corrected chi connectivity index (χ2v) is 5.26. The highest BCUT2D eigenvalue weighted by Gasteiger charge is 2.17. The molecule has 2 aromatic carbocycles. The van der Waals surface area contributed by atoms with Gasteiger partial charge in [0.2, 0.25) is 0 Å². The number of rotatable bonds is 4. The van der Waals surface area contributed by atoms with Gasteiger partial charge in [0.15, 0.2) is 11.2 Å². The minimum Gasteiger partial charge on any atom is -0.505 e. The maximum atomic E-state index is 12.4. The fourth-order valence-corrected chi connectivity index (χ4v) is 2.46. The first-order valence-electron chi connectivity index (χ1n) is 7.44. The Hall–Kier alpha value is -2.95. The van der Waals surface area contributed by atoms with Gasteiger partial charge in [0.25, 0.3) is 0 Å². The summed E-state index contributed by atoms with van der Waals surface area (Å²) in [6.07, 6.45) is 0.818. The SMILES string of the molecule is CCCNc1c(O)cc2oc(-c3ccccc3)cc(=O)c2c1O. The lowest BCUT2D eigenvalue weighted by Crippen LogP contribution is -2.05. The molecule has 0 fully saturated rings. The highest BCUT2D eigenvalue weighted by Crippen LogP contribution is 2.39. The zero-order valence-corrected chi connectivity index (χ0v) is 12.7. The summed E-state index contributed by atoms with van der Waals surface area (Å²) in [5.74, 6) is -0.0604. The van der Waals surface area contributed by atoms with Crippen molar-refractivity contribution < 1.29 is 14.6 Å². The smallest absolute Gasteiger partial charge is 0.197 e. The molecule has 0 bridgehead atoms. The van der Waals surface area contributed by atoms with Crippen molar-refractivity contribution in [3.8, 4) is 22.8 Å². The third-order valence-electron chi connectivity index (χ3n) is 3.58. The van der Waals surface area contributed by atoms with Crippen molar-refractivity contribution in [1.29, 1.82) is 0 Å². The zero-order chi connectivity index (χ0) is 16.4. The average molecular weight is 311 g/mol. The first-order valence-corrected chi connectivity index (χ1v) is 7.44. The van der Waals surface area contributed by atoms with Crippen LogP contribution in [0.15, 0.2) is 51.7 Å². The summed E-state index contributed by atoms with van der Waals surface area (Å²) in [6.45, 7) is 2.53. The first-order chi connectivity index (χ1) is 11.1. The molecule has 0 aliphatic rings. The van der Waals surface area contributed by atoms with E-state index in [1.54, 1.807) is 0 Å². The molecule has 3 rings (SSSR count). The molecular weight excluding hydrogens is 294 g/mol. The van der Waals surface area contributed by atoms with E-state index in [1.807, 2.05) is 37.3 Å². The molecule has 5 nitrogen and oxygen atoms in total. The molecule has 0 saturated heterocycles. The molecule has 23 heavy (non-hydrogen) atoms. The van der Waals surface area contributed by atoms with Crippen molar-refractivity contribution in [2.75, 3.05) is 11.9 Å². The molecule has 3 aromatic rings. The van der Waals surface area contributed by atoms with Gasteiger partial charge in [0.1, 0.15) is 28.2 Å². The average Bonchev–Trinajstić information content (AvgIpc) is 2.54. The highest BCUT2D eigenvalue weighted by atomic mass is 16.3. The van der Waals surface area contributed by atoms with Gasteiger partial charge in [0, 0.05) is 24.2 Å². The fourth-order valence-electron chi connectivity index (χ4n) is 2.46. The number of phenols is 2. The van der Waals surface area contributed by atoms with Gasteiger partial charge < -0.3 is 19.9 Å². The van der Waals surface area contributed by atoms with Crippen LogP contribution in [0, 0.1) is 0 Å². The third kappa shape index (κ3) is 2.73. The molecule has 0 radical (unpaired) electrons. The van der Waals surface area contributed by atoms with E-state index >= 15 is 0 Å². The van der Waals surface area contributed by atoms with Gasteiger partial charge in [-0.05, 0) is 6.42 Å². The van der Waals surface area contributed by atoms with E-state index in [4.69, 9.17) is 4.42 Å². The molecule has 0 spiro atoms. The number of benzene rings is 2. The maximum Gasteiger partial charge on any atom is 0.197 e. The number of hydrogen-bond donors (Lipinski definition) is 3. The quantitative estimate of drug-likeness (QED) is 0.640. The van der Waals surface area contributed by atoms with Crippen LogP contribution in [0.4, 0.5) is 5.69 Å². The van der Waals surface area contributed by atoms with Crippen LogP contribution >= 0.6 is 0 Å². The molecule has 0 aliphatic carbocycles. The van der Waals surface area contributed by atoms with Crippen LogP contribution in [0.1, 0.15) is 13.3 Å². The second-order valence-electron chi connectivity index (χ2n) is 5.26. The Morgan fingerprint density at radius 1 is 1.13 bits per heavy atom. The molecule has 5 heteroatoms. The molecule has 0 unspecified atom stereocenters. The van der Waals surface area contributed by atoms with Crippen LogP contribution in [0.2, 0.25) is 0 Å². The zero-order valence-electron chi connectivity index (χ0n) is 12.7. The lowest BCUT2D eigenvalue weighted by Gasteiger charge is -2.12. The number of anilines is 1. The van der Waals surface area contributed by atoms with Gasteiger partial charge >= 0.3 is 0 Å². The van der Waals surface area contributed by atoms with Gasteiger partial charge in [-0.15, -0.1) is 0 Å². The summed E-state index contributed by atoms with van der Waals surface area (Å²) in [4.78, 5) is 12.4. The number of aromatic hydroxyl groups is 2. The van der Waals surface area contributed by atoms with Crippen molar-refractivity contribution in [2.24, 2.45) is 0 Å². The van der Waals surface area contributed by atoms with Crippen LogP contribution in [0.5, 0.6) is 11.5 Å². The summed E-state index contributed by atoms with van der Waals surface area (Å²) in [6, 6.07) is 11.9. The predicted molar refractivity (Wildman–Crippen MR) is 90.0 cm³/mol. The van der Waals surface area contributed by atoms with Crippen LogP contribution in [0.3, 0.4) is 0 Å². The predicted octanol–water partition coefficient (Wildman–Crippen LogP) is 3.69. The Morgan fingerprint density at radius 3 is 2.57 bits per heavy atom. The summed E-state index contributed by atoms with van der Waals surface area (Å²) < 4.78 is 5.70. The number of phenolic OH excluding ortho intramolecular Hbond substituents is 2. The van der Waals surface area contributed by atoms with Gasteiger partial charge in [-0.2, -0.15) is 0 Å². The Morgan fingerprint density at radius 2 is 1.87 bits per heavy atom. The molecule has 0 atom stereocenters. The van der Waals surface area contributed by atoms with Crippen molar-refractivity contribution in [3.05, 3.63) is 52.7 Å². The molecule has 0 amide bonds. The molecule has 3 N–H and O–H groups in total. The van der Waals surface area contributed by atoms with E-state index in [0.717, 1.165) is 12.0 Å². The lowest BCUT2D eigenvalue weighted by atomic mass is 10.1. The van der Waals surface area contributed by atoms with E-state index < -0.39 is 0 Å². The van der Waals surface area contributed by atoms with E-state index in [1.165, 1.54) is 12.1 Å². The molecule has 0 aliphatic heterocycles. The molecule has 1 aromatic heterocycles. The summed E-state index contributed by atoms with van der Waals surface area (Å²) in [5.41, 5.74) is 0.688. The Labute approximate surface area is 132 Å². The van der Waals surface area contributed by atoms with Gasteiger partial charge in [-0.25, -0.2) is 0 Å². The third-order valence-corrected chi connectivity index (χ3v) is 3.58. The second kappa shape index (κ2) is 6.04. The normalized spacial score (nSPS) is 10.8. The maximum absolute atomic E-state index is 12.4. The van der Waals surface area contributed by atoms with Gasteiger partial charge in [-0.1, -0.05) is 37.3 Å². The number of fused-ring (bicyclic) bond motifs is 1. The van der Waals surface area contributed by atoms with Crippen LogP contribution < -0.4 is 10.7 Å². The Balaban J connectivity index is 2.21. The van der Waals surface area contributed by atoms with E-state index in [0.29, 0.717) is 12.3 Å². The first kappa shape index (κ1) is 15.0. The van der Waals surface area contributed by atoms with Crippen LogP contribution in [0.25, 0.3) is 22.3 Å². The molecular formula is C18H17NO4. The summed E-state index contributed by atoms with van der Waals surface area (Å²) in [7, 11) is 0. The Kier molecular flexibility index (Phi) is 3.93. The molecule has 0 saturated carbocycles. The highest BCUT2D eigenvalue weighted by molar-refractivity contribution is 5.93. The van der Waals surface area contributed by atoms with Crippen molar-refractivity contribution in [3.63, 3.8) is 0 Å².